The van der Waals surface area contributed by atoms with Crippen molar-refractivity contribution in [3.8, 4) is 0 Å². The minimum atomic E-state index is -1.20. The van der Waals surface area contributed by atoms with E-state index in [0.29, 0.717) is 6.61 Å². The zero-order valence-electron chi connectivity index (χ0n) is 10.1. The number of hydrogen-bond acceptors (Lipinski definition) is 4. The second kappa shape index (κ2) is 7.22. The lowest BCUT2D eigenvalue weighted by atomic mass is 9.89. The SMILES string of the molecule is CCCCOC(=O)C(C(C)C)[C@H](N)C(=O)O. The first kappa shape index (κ1) is 14.9. The molecule has 0 saturated carbocycles. The minimum Gasteiger partial charge on any atom is -0.480 e. The maximum atomic E-state index is 11.6. The van der Waals surface area contributed by atoms with Gasteiger partial charge in [0.15, 0.2) is 0 Å². The van der Waals surface area contributed by atoms with E-state index < -0.39 is 23.9 Å². The highest BCUT2D eigenvalue weighted by Crippen LogP contribution is 2.16. The van der Waals surface area contributed by atoms with Crippen LogP contribution in [0.5, 0.6) is 0 Å². The van der Waals surface area contributed by atoms with Crippen LogP contribution in [0.25, 0.3) is 0 Å². The number of hydrogen-bond donors (Lipinski definition) is 2. The summed E-state index contributed by atoms with van der Waals surface area (Å²) in [7, 11) is 0. The molecule has 0 fully saturated rings. The Morgan fingerprint density at radius 2 is 1.94 bits per heavy atom. The Morgan fingerprint density at radius 3 is 2.31 bits per heavy atom. The fraction of sp³-hybridized carbons (Fsp3) is 0.818. The monoisotopic (exact) mass is 231 g/mol. The maximum Gasteiger partial charge on any atom is 0.321 e. The first-order valence-electron chi connectivity index (χ1n) is 5.56. The van der Waals surface area contributed by atoms with Gasteiger partial charge < -0.3 is 15.6 Å². The molecule has 0 aromatic heterocycles. The Labute approximate surface area is 96.0 Å². The lowest BCUT2D eigenvalue weighted by molar-refractivity contribution is -0.156. The van der Waals surface area contributed by atoms with Crippen LogP contribution in [0.1, 0.15) is 33.6 Å². The van der Waals surface area contributed by atoms with Gasteiger partial charge >= 0.3 is 11.9 Å². The van der Waals surface area contributed by atoms with Crippen LogP contribution < -0.4 is 5.73 Å². The molecular formula is C11H21NO4. The van der Waals surface area contributed by atoms with Crippen LogP contribution >= 0.6 is 0 Å². The molecule has 5 heteroatoms. The quantitative estimate of drug-likeness (QED) is 0.504. The highest BCUT2D eigenvalue weighted by atomic mass is 16.5. The molecule has 3 N–H and O–H groups in total. The van der Waals surface area contributed by atoms with E-state index in [1.807, 2.05) is 6.92 Å². The molecule has 5 nitrogen and oxygen atoms in total. The smallest absolute Gasteiger partial charge is 0.321 e. The van der Waals surface area contributed by atoms with Crippen molar-refractivity contribution in [1.29, 1.82) is 0 Å². The number of unbranched alkanes of at least 4 members (excludes halogenated alkanes) is 1. The third kappa shape index (κ3) is 4.61. The highest BCUT2D eigenvalue weighted by molar-refractivity contribution is 5.83. The summed E-state index contributed by atoms with van der Waals surface area (Å²) >= 11 is 0. The number of carbonyl (C=O) groups is 2. The van der Waals surface area contributed by atoms with Gasteiger partial charge in [0.1, 0.15) is 6.04 Å². The van der Waals surface area contributed by atoms with Crippen LogP contribution in [-0.2, 0) is 14.3 Å². The van der Waals surface area contributed by atoms with Crippen molar-refractivity contribution in [2.45, 2.75) is 39.7 Å². The van der Waals surface area contributed by atoms with Gasteiger partial charge in [0.05, 0.1) is 12.5 Å². The average molecular weight is 231 g/mol. The second-order valence-corrected chi connectivity index (χ2v) is 4.15. The predicted molar refractivity (Wildman–Crippen MR) is 59.8 cm³/mol. The summed E-state index contributed by atoms with van der Waals surface area (Å²) < 4.78 is 4.99. The molecule has 0 bridgehead atoms. The van der Waals surface area contributed by atoms with E-state index in [2.05, 4.69) is 0 Å². The lowest BCUT2D eigenvalue weighted by Crippen LogP contribution is -2.45. The molecule has 0 heterocycles. The van der Waals surface area contributed by atoms with E-state index in [4.69, 9.17) is 15.6 Å². The number of esters is 1. The van der Waals surface area contributed by atoms with E-state index in [1.54, 1.807) is 13.8 Å². The Bertz CT molecular complexity index is 240. The Balaban J connectivity index is 4.41. The summed E-state index contributed by atoms with van der Waals surface area (Å²) in [5.41, 5.74) is 5.47. The van der Waals surface area contributed by atoms with E-state index in [1.165, 1.54) is 0 Å². The van der Waals surface area contributed by atoms with Gasteiger partial charge in [-0.05, 0) is 12.3 Å². The fourth-order valence-electron chi connectivity index (χ4n) is 1.40. The van der Waals surface area contributed by atoms with Gasteiger partial charge in [0, 0.05) is 0 Å². The third-order valence-corrected chi connectivity index (χ3v) is 2.40. The normalized spacial score (nSPS) is 14.6. The van der Waals surface area contributed by atoms with Gasteiger partial charge in [-0.15, -0.1) is 0 Å². The molecule has 0 aliphatic heterocycles. The van der Waals surface area contributed by atoms with Crippen LogP contribution in [0, 0.1) is 11.8 Å². The van der Waals surface area contributed by atoms with Gasteiger partial charge in [-0.2, -0.15) is 0 Å². The van der Waals surface area contributed by atoms with Crippen LogP contribution in [0.4, 0.5) is 0 Å². The second-order valence-electron chi connectivity index (χ2n) is 4.15. The lowest BCUT2D eigenvalue weighted by Gasteiger charge is -2.22. The number of carboxylic acids is 1. The molecular weight excluding hydrogens is 210 g/mol. The largest absolute Gasteiger partial charge is 0.480 e. The highest BCUT2D eigenvalue weighted by Gasteiger charge is 2.34. The Kier molecular flexibility index (Phi) is 6.72. The van der Waals surface area contributed by atoms with Gasteiger partial charge in [-0.1, -0.05) is 27.2 Å². The Morgan fingerprint density at radius 1 is 1.38 bits per heavy atom. The van der Waals surface area contributed by atoms with Gasteiger partial charge in [-0.25, -0.2) is 0 Å². The van der Waals surface area contributed by atoms with Crippen LogP contribution in [0.2, 0.25) is 0 Å². The molecule has 0 aliphatic rings. The van der Waals surface area contributed by atoms with Crippen molar-refractivity contribution in [3.05, 3.63) is 0 Å². The number of nitrogens with two attached hydrogens (primary N) is 1. The molecule has 0 radical (unpaired) electrons. The van der Waals surface area contributed by atoms with E-state index in [9.17, 15) is 9.59 Å². The number of aliphatic carboxylic acids is 1. The molecule has 1 unspecified atom stereocenters. The van der Waals surface area contributed by atoms with Crippen molar-refractivity contribution >= 4 is 11.9 Å². The molecule has 94 valence electrons. The van der Waals surface area contributed by atoms with Gasteiger partial charge in [0.2, 0.25) is 0 Å². The van der Waals surface area contributed by atoms with E-state index >= 15 is 0 Å². The van der Waals surface area contributed by atoms with Crippen LogP contribution in [0.3, 0.4) is 0 Å². The average Bonchev–Trinajstić information content (AvgIpc) is 2.17. The molecule has 0 aromatic rings. The van der Waals surface area contributed by atoms with Crippen LogP contribution in [-0.4, -0.2) is 29.7 Å². The van der Waals surface area contributed by atoms with Crippen molar-refractivity contribution in [1.82, 2.24) is 0 Å². The van der Waals surface area contributed by atoms with Crippen molar-refractivity contribution in [3.63, 3.8) is 0 Å². The molecule has 0 spiro atoms. The zero-order chi connectivity index (χ0) is 12.7. The summed E-state index contributed by atoms with van der Waals surface area (Å²) in [6.45, 7) is 5.82. The van der Waals surface area contributed by atoms with Gasteiger partial charge in [0.25, 0.3) is 0 Å². The molecule has 0 aliphatic carbocycles. The first-order valence-corrected chi connectivity index (χ1v) is 5.56. The standard InChI is InChI=1S/C11H21NO4/c1-4-5-6-16-11(15)8(7(2)3)9(12)10(13)14/h7-9H,4-6,12H2,1-3H3,(H,13,14)/t8?,9-/m0/s1. The van der Waals surface area contributed by atoms with Crippen molar-refractivity contribution in [2.24, 2.45) is 17.6 Å². The summed E-state index contributed by atoms with van der Waals surface area (Å²) in [5.74, 6) is -2.63. The molecule has 16 heavy (non-hydrogen) atoms. The van der Waals surface area contributed by atoms with Gasteiger partial charge in [-0.3, -0.25) is 9.59 Å². The van der Waals surface area contributed by atoms with E-state index in [0.717, 1.165) is 12.8 Å². The summed E-state index contributed by atoms with van der Waals surface area (Å²) in [4.78, 5) is 22.4. The topological polar surface area (TPSA) is 89.6 Å². The van der Waals surface area contributed by atoms with E-state index in [-0.39, 0.29) is 5.92 Å². The zero-order valence-corrected chi connectivity index (χ0v) is 10.1. The number of ether oxygens (including phenoxy) is 1. The third-order valence-electron chi connectivity index (χ3n) is 2.40. The molecule has 0 amide bonds. The molecule has 0 aromatic carbocycles. The summed E-state index contributed by atoms with van der Waals surface area (Å²) in [6.07, 6.45) is 1.70. The number of rotatable bonds is 7. The summed E-state index contributed by atoms with van der Waals surface area (Å²) in [6, 6.07) is -1.20. The molecule has 0 rings (SSSR count). The maximum absolute atomic E-state index is 11.6. The molecule has 2 atom stereocenters. The number of carboxylic acid groups (broad SMARTS) is 1. The fourth-order valence-corrected chi connectivity index (χ4v) is 1.40. The minimum absolute atomic E-state index is 0.153. The van der Waals surface area contributed by atoms with Crippen LogP contribution in [0.15, 0.2) is 0 Å². The predicted octanol–water partition coefficient (Wildman–Crippen LogP) is 1.01. The number of carbonyl (C=O) groups excluding carboxylic acids is 1. The van der Waals surface area contributed by atoms with Crippen molar-refractivity contribution < 1.29 is 19.4 Å². The van der Waals surface area contributed by atoms with Crippen molar-refractivity contribution in [2.75, 3.05) is 6.61 Å². The summed E-state index contributed by atoms with van der Waals surface area (Å²) in [5, 5.41) is 8.79. The first-order chi connectivity index (χ1) is 7.41. The Hall–Kier alpha value is -1.10. The molecule has 0 saturated heterocycles.